The number of nitrogens with zero attached hydrogens (tertiary/aromatic N) is 5. The summed E-state index contributed by atoms with van der Waals surface area (Å²) in [4.78, 5) is 38.9. The van der Waals surface area contributed by atoms with Gasteiger partial charge in [0.15, 0.2) is 5.82 Å². The SMILES string of the molecule is COc1cc(C(=O)N2CC3CCC2[C@@H]3NC(=O)OC(C)(C)C)cc2nc(-c3cc4cccnc4n3CC3CC3)n(C[C@H]3CCNC3)c12. The molecule has 2 bridgehead atoms. The van der Waals surface area contributed by atoms with Crippen molar-refractivity contribution >= 4 is 34.1 Å². The Labute approximate surface area is 275 Å². The number of methoxy groups -OCH3 is 1. The molecule has 1 aromatic carbocycles. The standard InChI is InChI=1S/C36H45N7O4/c1-36(2,3)47-35(45)40-30-24-9-10-27(30)42(20-24)34(44)25-14-26-31(29(16-25)46-4)43(19-22-11-13-37-17-22)33(39-26)28-15-23-6-5-12-38-32(23)41(28)18-21-7-8-21/h5-6,12,14-16,21-22,24,27,30,37H,7-11,13,17-20H2,1-4H3,(H,40,45)/t22-,24?,27?,30+/m0/s1. The lowest BCUT2D eigenvalue weighted by molar-refractivity contribution is 0.0485. The van der Waals surface area contributed by atoms with Gasteiger partial charge in [0, 0.05) is 36.8 Å². The molecule has 2 aliphatic carbocycles. The summed E-state index contributed by atoms with van der Waals surface area (Å²) < 4.78 is 16.2. The van der Waals surface area contributed by atoms with Gasteiger partial charge in [-0.3, -0.25) is 4.79 Å². The van der Waals surface area contributed by atoms with Gasteiger partial charge in [-0.25, -0.2) is 14.8 Å². The van der Waals surface area contributed by atoms with Gasteiger partial charge < -0.3 is 34.1 Å². The Hall–Kier alpha value is -4.12. The van der Waals surface area contributed by atoms with E-state index in [1.807, 2.05) is 50.1 Å². The van der Waals surface area contributed by atoms with Crippen molar-refractivity contribution in [3.63, 3.8) is 0 Å². The van der Waals surface area contributed by atoms with Crippen molar-refractivity contribution in [2.24, 2.45) is 17.8 Å². The molecule has 2 saturated heterocycles. The molecule has 3 aromatic heterocycles. The largest absolute Gasteiger partial charge is 0.494 e. The van der Waals surface area contributed by atoms with E-state index in [4.69, 9.17) is 19.4 Å². The number of imidazole rings is 1. The molecule has 248 valence electrons. The Bertz CT molecular complexity index is 1850. The summed E-state index contributed by atoms with van der Waals surface area (Å²) in [6.07, 6.45) is 6.84. The maximum absolute atomic E-state index is 14.2. The number of carbonyl (C=O) groups is 2. The molecule has 4 aliphatic rings. The Morgan fingerprint density at radius 1 is 1.04 bits per heavy atom. The zero-order chi connectivity index (χ0) is 32.4. The number of piperidine rings is 1. The molecule has 11 heteroatoms. The minimum atomic E-state index is -0.581. The summed E-state index contributed by atoms with van der Waals surface area (Å²) in [5.74, 6) is 2.80. The summed E-state index contributed by atoms with van der Waals surface area (Å²) in [5.41, 5.74) is 3.67. The van der Waals surface area contributed by atoms with E-state index in [2.05, 4.69) is 31.9 Å². The van der Waals surface area contributed by atoms with Gasteiger partial charge in [-0.2, -0.15) is 0 Å². The number of benzene rings is 1. The Kier molecular flexibility index (Phi) is 7.42. The Morgan fingerprint density at radius 3 is 2.62 bits per heavy atom. The quantitative estimate of drug-likeness (QED) is 0.272. The molecule has 4 fully saturated rings. The molecule has 2 aliphatic heterocycles. The molecular weight excluding hydrogens is 594 g/mol. The maximum atomic E-state index is 14.2. The fourth-order valence-corrected chi connectivity index (χ4v) is 8.08. The van der Waals surface area contributed by atoms with Crippen molar-refractivity contribution in [1.29, 1.82) is 0 Å². The first-order chi connectivity index (χ1) is 22.7. The Morgan fingerprint density at radius 2 is 1.87 bits per heavy atom. The van der Waals surface area contributed by atoms with E-state index in [0.29, 0.717) is 29.7 Å². The highest BCUT2D eigenvalue weighted by Gasteiger charge is 2.50. The monoisotopic (exact) mass is 639 g/mol. The van der Waals surface area contributed by atoms with Crippen molar-refractivity contribution in [3.05, 3.63) is 42.1 Å². The predicted molar refractivity (Wildman–Crippen MR) is 179 cm³/mol. The predicted octanol–water partition coefficient (Wildman–Crippen LogP) is 5.21. The van der Waals surface area contributed by atoms with Crippen LogP contribution in [-0.4, -0.2) is 80.4 Å². The van der Waals surface area contributed by atoms with Gasteiger partial charge in [0.05, 0.1) is 30.4 Å². The number of likely N-dealkylation sites (tertiary alicyclic amines) is 1. The molecule has 4 atom stereocenters. The van der Waals surface area contributed by atoms with Crippen LogP contribution in [0.5, 0.6) is 5.75 Å². The first-order valence-corrected chi connectivity index (χ1v) is 17.2. The van der Waals surface area contributed by atoms with Gasteiger partial charge in [0.25, 0.3) is 5.91 Å². The highest BCUT2D eigenvalue weighted by Crippen LogP contribution is 2.41. The lowest BCUT2D eigenvalue weighted by Crippen LogP contribution is -2.46. The first-order valence-electron chi connectivity index (χ1n) is 17.2. The normalized spacial score (nSPS) is 24.0. The second-order valence-corrected chi connectivity index (χ2v) is 15.0. The molecule has 2 amide bonds. The van der Waals surface area contributed by atoms with Crippen LogP contribution in [0.3, 0.4) is 0 Å². The number of carbonyl (C=O) groups excluding carboxylic acids is 2. The summed E-state index contributed by atoms with van der Waals surface area (Å²) in [6, 6.07) is 9.94. The lowest BCUT2D eigenvalue weighted by Gasteiger charge is -2.28. The number of pyridine rings is 1. The fourth-order valence-electron chi connectivity index (χ4n) is 8.08. The van der Waals surface area contributed by atoms with Gasteiger partial charge in [-0.15, -0.1) is 0 Å². The van der Waals surface area contributed by atoms with Gasteiger partial charge >= 0.3 is 6.09 Å². The fraction of sp³-hybridized carbons (Fsp3) is 0.556. The maximum Gasteiger partial charge on any atom is 0.407 e. The van der Waals surface area contributed by atoms with Crippen molar-refractivity contribution in [1.82, 2.24) is 34.6 Å². The topological polar surface area (TPSA) is 116 Å². The summed E-state index contributed by atoms with van der Waals surface area (Å²) in [6.45, 7) is 9.86. The van der Waals surface area contributed by atoms with Crippen molar-refractivity contribution < 1.29 is 19.1 Å². The van der Waals surface area contributed by atoms with E-state index in [1.54, 1.807) is 7.11 Å². The number of alkyl carbamates (subject to hydrolysis) is 1. The van der Waals surface area contributed by atoms with E-state index in [-0.39, 0.29) is 23.9 Å². The zero-order valence-corrected chi connectivity index (χ0v) is 27.8. The molecule has 0 spiro atoms. The molecule has 47 heavy (non-hydrogen) atoms. The highest BCUT2D eigenvalue weighted by atomic mass is 16.6. The van der Waals surface area contributed by atoms with Crippen LogP contribution in [0.4, 0.5) is 4.79 Å². The number of hydrogen-bond donors (Lipinski definition) is 2. The van der Waals surface area contributed by atoms with Crippen LogP contribution in [0.1, 0.15) is 63.2 Å². The average Bonchev–Trinajstić information content (AvgIpc) is 3.42. The Balaban J connectivity index is 1.18. The minimum absolute atomic E-state index is 0.0588. The minimum Gasteiger partial charge on any atom is -0.494 e. The number of nitrogens with one attached hydrogen (secondary N) is 2. The summed E-state index contributed by atoms with van der Waals surface area (Å²) in [7, 11) is 1.67. The lowest BCUT2D eigenvalue weighted by atomic mass is 10.1. The van der Waals surface area contributed by atoms with Crippen LogP contribution < -0.4 is 15.4 Å². The first kappa shape index (κ1) is 30.2. The number of hydrogen-bond acceptors (Lipinski definition) is 7. The van der Waals surface area contributed by atoms with Gasteiger partial charge in [-0.1, -0.05) is 0 Å². The van der Waals surface area contributed by atoms with Crippen LogP contribution in [0.25, 0.3) is 33.6 Å². The van der Waals surface area contributed by atoms with Crippen LogP contribution >= 0.6 is 0 Å². The molecule has 8 rings (SSSR count). The third-order valence-electron chi connectivity index (χ3n) is 10.4. The molecule has 11 nitrogen and oxygen atoms in total. The number of rotatable bonds is 8. The number of aromatic nitrogens is 4. The van der Waals surface area contributed by atoms with Crippen molar-refractivity contribution in [2.75, 3.05) is 26.7 Å². The molecule has 2 N–H and O–H groups in total. The second-order valence-electron chi connectivity index (χ2n) is 15.0. The third kappa shape index (κ3) is 5.62. The molecule has 4 aromatic rings. The van der Waals surface area contributed by atoms with E-state index in [0.717, 1.165) is 79.0 Å². The van der Waals surface area contributed by atoms with E-state index >= 15 is 0 Å². The molecule has 2 saturated carbocycles. The van der Waals surface area contributed by atoms with Crippen LogP contribution in [0.15, 0.2) is 36.5 Å². The molecule has 2 unspecified atom stereocenters. The molecule has 0 radical (unpaired) electrons. The highest BCUT2D eigenvalue weighted by molar-refractivity contribution is 6.00. The number of ether oxygens (including phenoxy) is 2. The van der Waals surface area contributed by atoms with Gasteiger partial charge in [-0.05, 0) is 114 Å². The van der Waals surface area contributed by atoms with Crippen molar-refractivity contribution in [2.45, 2.75) is 83.6 Å². The van der Waals surface area contributed by atoms with E-state index in [1.165, 1.54) is 12.8 Å². The van der Waals surface area contributed by atoms with Crippen LogP contribution in [0.2, 0.25) is 0 Å². The molecular formula is C36H45N7O4. The summed E-state index contributed by atoms with van der Waals surface area (Å²) in [5, 5.41) is 7.70. The van der Waals surface area contributed by atoms with Crippen LogP contribution in [-0.2, 0) is 17.8 Å². The number of amides is 2. The average molecular weight is 640 g/mol. The smallest absolute Gasteiger partial charge is 0.407 e. The number of fused-ring (bicyclic) bond motifs is 4. The zero-order valence-electron chi connectivity index (χ0n) is 27.8. The van der Waals surface area contributed by atoms with Gasteiger partial charge in [0.2, 0.25) is 0 Å². The van der Waals surface area contributed by atoms with Crippen LogP contribution in [0, 0.1) is 17.8 Å². The second kappa shape index (κ2) is 11.5. The van der Waals surface area contributed by atoms with Crippen molar-refractivity contribution in [3.8, 4) is 17.3 Å². The molecule has 5 heterocycles. The van der Waals surface area contributed by atoms with E-state index in [9.17, 15) is 9.59 Å². The van der Waals surface area contributed by atoms with E-state index < -0.39 is 11.7 Å². The third-order valence-corrected chi connectivity index (χ3v) is 10.4. The summed E-state index contributed by atoms with van der Waals surface area (Å²) >= 11 is 0. The van der Waals surface area contributed by atoms with Gasteiger partial charge in [0.1, 0.15) is 22.5 Å².